The zero-order valence-electron chi connectivity index (χ0n) is 8.66. The van der Waals surface area contributed by atoms with Crippen LogP contribution in [-0.4, -0.2) is 19.3 Å². The fourth-order valence-electron chi connectivity index (χ4n) is 1.95. The molecule has 0 radical (unpaired) electrons. The maximum absolute atomic E-state index is 6.16. The molecule has 3 heteroatoms. The van der Waals surface area contributed by atoms with Gasteiger partial charge >= 0.3 is 0 Å². The quantitative estimate of drug-likeness (QED) is 0.915. The number of benzene rings is 1. The van der Waals surface area contributed by atoms with E-state index in [9.17, 15) is 0 Å². The number of hydrogen-bond acceptors (Lipinski definition) is 2. The largest absolute Gasteiger partial charge is 0.381 e. The molecule has 1 aliphatic heterocycles. The van der Waals surface area contributed by atoms with Gasteiger partial charge in [0.15, 0.2) is 0 Å². The molecule has 15 heavy (non-hydrogen) atoms. The maximum atomic E-state index is 6.16. The zero-order chi connectivity index (χ0) is 10.7. The van der Waals surface area contributed by atoms with Crippen LogP contribution in [0.1, 0.15) is 12.0 Å². The van der Waals surface area contributed by atoms with Crippen molar-refractivity contribution in [2.45, 2.75) is 18.9 Å². The van der Waals surface area contributed by atoms with E-state index in [0.29, 0.717) is 5.92 Å². The highest BCUT2D eigenvalue weighted by atomic mass is 79.9. The van der Waals surface area contributed by atoms with E-state index >= 15 is 0 Å². The highest BCUT2D eigenvalue weighted by Crippen LogP contribution is 2.19. The molecule has 1 fully saturated rings. The van der Waals surface area contributed by atoms with Crippen LogP contribution in [0.15, 0.2) is 28.7 Å². The second-order valence-corrected chi connectivity index (χ2v) is 5.03. The van der Waals surface area contributed by atoms with Crippen molar-refractivity contribution < 1.29 is 4.74 Å². The molecular weight excluding hydrogens is 254 g/mol. The van der Waals surface area contributed by atoms with Crippen molar-refractivity contribution in [2.75, 3.05) is 13.2 Å². The lowest BCUT2D eigenvalue weighted by atomic mass is 9.94. The van der Waals surface area contributed by atoms with E-state index in [0.717, 1.165) is 30.5 Å². The van der Waals surface area contributed by atoms with E-state index < -0.39 is 0 Å². The van der Waals surface area contributed by atoms with Gasteiger partial charge in [0, 0.05) is 17.1 Å². The van der Waals surface area contributed by atoms with E-state index in [1.807, 2.05) is 0 Å². The van der Waals surface area contributed by atoms with Gasteiger partial charge in [-0.15, -0.1) is 0 Å². The molecule has 0 aliphatic carbocycles. The van der Waals surface area contributed by atoms with Crippen molar-refractivity contribution >= 4 is 15.9 Å². The molecule has 0 amide bonds. The van der Waals surface area contributed by atoms with Gasteiger partial charge in [0.2, 0.25) is 0 Å². The monoisotopic (exact) mass is 269 g/mol. The smallest absolute Gasteiger partial charge is 0.0510 e. The summed E-state index contributed by atoms with van der Waals surface area (Å²) in [4.78, 5) is 0. The van der Waals surface area contributed by atoms with Gasteiger partial charge in [0.25, 0.3) is 0 Å². The third-order valence-electron chi connectivity index (χ3n) is 2.96. The normalized spacial score (nSPS) is 22.9. The second-order valence-electron chi connectivity index (χ2n) is 4.12. The molecule has 0 saturated carbocycles. The molecule has 2 nitrogen and oxygen atoms in total. The lowest BCUT2D eigenvalue weighted by Crippen LogP contribution is -2.32. The Bertz CT molecular complexity index is 306. The summed E-state index contributed by atoms with van der Waals surface area (Å²) in [7, 11) is 0. The third-order valence-corrected chi connectivity index (χ3v) is 3.48. The van der Waals surface area contributed by atoms with E-state index in [1.165, 1.54) is 5.56 Å². The lowest BCUT2D eigenvalue weighted by molar-refractivity contribution is 0.180. The Labute approximate surface area is 98.9 Å². The topological polar surface area (TPSA) is 35.2 Å². The van der Waals surface area contributed by atoms with Gasteiger partial charge in [0.1, 0.15) is 0 Å². The summed E-state index contributed by atoms with van der Waals surface area (Å²) in [5.74, 6) is 0.536. The van der Waals surface area contributed by atoms with Gasteiger partial charge in [0.05, 0.1) is 6.61 Å². The molecule has 0 aromatic heterocycles. The van der Waals surface area contributed by atoms with Gasteiger partial charge in [-0.05, 0) is 36.5 Å². The van der Waals surface area contributed by atoms with Crippen molar-refractivity contribution in [1.29, 1.82) is 0 Å². The van der Waals surface area contributed by atoms with Crippen LogP contribution in [0, 0.1) is 5.92 Å². The Kier molecular flexibility index (Phi) is 3.78. The summed E-state index contributed by atoms with van der Waals surface area (Å²) in [5.41, 5.74) is 7.46. The van der Waals surface area contributed by atoms with Crippen LogP contribution >= 0.6 is 15.9 Å². The lowest BCUT2D eigenvalue weighted by Gasteiger charge is -2.17. The second kappa shape index (κ2) is 5.10. The minimum atomic E-state index is 0.230. The number of ether oxygens (including phenoxy) is 1. The van der Waals surface area contributed by atoms with E-state index in [-0.39, 0.29) is 6.04 Å². The summed E-state index contributed by atoms with van der Waals surface area (Å²) in [6, 6.07) is 8.61. The van der Waals surface area contributed by atoms with Crippen molar-refractivity contribution in [3.63, 3.8) is 0 Å². The van der Waals surface area contributed by atoms with Crippen LogP contribution in [0.2, 0.25) is 0 Å². The molecule has 1 saturated heterocycles. The number of rotatable bonds is 3. The highest BCUT2D eigenvalue weighted by Gasteiger charge is 2.22. The first-order valence-corrected chi connectivity index (χ1v) is 6.13. The summed E-state index contributed by atoms with van der Waals surface area (Å²) in [5, 5.41) is 0. The molecule has 2 unspecified atom stereocenters. The molecule has 1 aromatic carbocycles. The standard InChI is InChI=1S/C12H16BrNO/c13-11-3-1-9(2-4-11)7-12(14)10-5-6-15-8-10/h1-4,10,12H,5-8,14H2. The van der Waals surface area contributed by atoms with Crippen LogP contribution in [-0.2, 0) is 11.2 Å². The average Bonchev–Trinajstić information content (AvgIpc) is 2.74. The summed E-state index contributed by atoms with van der Waals surface area (Å²) < 4.78 is 6.46. The first-order chi connectivity index (χ1) is 7.25. The Morgan fingerprint density at radius 1 is 1.40 bits per heavy atom. The minimum Gasteiger partial charge on any atom is -0.381 e. The molecule has 82 valence electrons. The summed E-state index contributed by atoms with van der Waals surface area (Å²) >= 11 is 3.43. The Hall–Kier alpha value is -0.380. The molecular formula is C12H16BrNO. The van der Waals surface area contributed by atoms with Crippen LogP contribution in [0.25, 0.3) is 0 Å². The predicted octanol–water partition coefficient (Wildman–Crippen LogP) is 2.36. The number of halogens is 1. The summed E-state index contributed by atoms with van der Waals surface area (Å²) in [6.45, 7) is 1.70. The average molecular weight is 270 g/mol. The first-order valence-electron chi connectivity index (χ1n) is 5.33. The molecule has 1 aliphatic rings. The molecule has 2 N–H and O–H groups in total. The SMILES string of the molecule is NC(Cc1ccc(Br)cc1)C1CCOC1. The van der Waals surface area contributed by atoms with Gasteiger partial charge in [-0.2, -0.15) is 0 Å². The van der Waals surface area contributed by atoms with Gasteiger partial charge in [-0.1, -0.05) is 28.1 Å². The zero-order valence-corrected chi connectivity index (χ0v) is 10.2. The number of nitrogens with two attached hydrogens (primary N) is 1. The van der Waals surface area contributed by atoms with Crippen LogP contribution in [0.3, 0.4) is 0 Å². The van der Waals surface area contributed by atoms with Crippen molar-refractivity contribution in [1.82, 2.24) is 0 Å². The van der Waals surface area contributed by atoms with Gasteiger partial charge in [-0.3, -0.25) is 0 Å². The van der Waals surface area contributed by atoms with Gasteiger partial charge in [-0.25, -0.2) is 0 Å². The fourth-order valence-corrected chi connectivity index (χ4v) is 2.21. The van der Waals surface area contributed by atoms with Crippen LogP contribution in [0.5, 0.6) is 0 Å². The molecule has 1 aromatic rings. The van der Waals surface area contributed by atoms with E-state index in [2.05, 4.69) is 40.2 Å². The van der Waals surface area contributed by atoms with Gasteiger partial charge < -0.3 is 10.5 Å². The van der Waals surface area contributed by atoms with Crippen LogP contribution < -0.4 is 5.73 Å². The molecule has 2 atom stereocenters. The fraction of sp³-hybridized carbons (Fsp3) is 0.500. The minimum absolute atomic E-state index is 0.230. The molecule has 0 spiro atoms. The van der Waals surface area contributed by atoms with E-state index in [4.69, 9.17) is 10.5 Å². The Balaban J connectivity index is 1.92. The highest BCUT2D eigenvalue weighted by molar-refractivity contribution is 9.10. The number of hydrogen-bond donors (Lipinski definition) is 1. The summed E-state index contributed by atoms with van der Waals surface area (Å²) in [6.07, 6.45) is 2.05. The first kappa shape index (κ1) is 11.1. The molecule has 0 bridgehead atoms. The third kappa shape index (κ3) is 3.03. The van der Waals surface area contributed by atoms with Crippen LogP contribution in [0.4, 0.5) is 0 Å². The molecule has 1 heterocycles. The van der Waals surface area contributed by atoms with E-state index in [1.54, 1.807) is 0 Å². The Morgan fingerprint density at radius 3 is 2.73 bits per heavy atom. The van der Waals surface area contributed by atoms with Crippen molar-refractivity contribution in [3.05, 3.63) is 34.3 Å². The molecule has 2 rings (SSSR count). The van der Waals surface area contributed by atoms with Crippen molar-refractivity contribution in [2.24, 2.45) is 11.7 Å². The Morgan fingerprint density at radius 2 is 2.13 bits per heavy atom. The predicted molar refractivity (Wildman–Crippen MR) is 64.7 cm³/mol. The van der Waals surface area contributed by atoms with Crippen molar-refractivity contribution in [3.8, 4) is 0 Å². The maximum Gasteiger partial charge on any atom is 0.0510 e.